The van der Waals surface area contributed by atoms with E-state index >= 15 is 0 Å². The van der Waals surface area contributed by atoms with E-state index in [1.807, 2.05) is 18.4 Å². The molecule has 1 aliphatic heterocycles. The Labute approximate surface area is 174 Å². The highest BCUT2D eigenvalue weighted by molar-refractivity contribution is 14.0. The van der Waals surface area contributed by atoms with Crippen LogP contribution in [0.25, 0.3) is 0 Å². The number of nitrogens with one attached hydrogen (secondary N) is 2. The fourth-order valence-corrected chi connectivity index (χ4v) is 3.79. The number of aliphatic imine (C=N–C) groups is 1. The van der Waals surface area contributed by atoms with Crippen LogP contribution in [0.2, 0.25) is 0 Å². The third kappa shape index (κ3) is 7.40. The van der Waals surface area contributed by atoms with E-state index in [9.17, 15) is 0 Å². The molecule has 2 heterocycles. The summed E-state index contributed by atoms with van der Waals surface area (Å²) < 4.78 is 0. The van der Waals surface area contributed by atoms with Crippen molar-refractivity contribution in [3.05, 3.63) is 22.4 Å². The summed E-state index contributed by atoms with van der Waals surface area (Å²) in [5, 5.41) is 9.06. The quantitative estimate of drug-likeness (QED) is 0.358. The van der Waals surface area contributed by atoms with Gasteiger partial charge in [0.05, 0.1) is 0 Å². The van der Waals surface area contributed by atoms with Gasteiger partial charge in [-0.1, -0.05) is 26.8 Å². The molecule has 1 saturated heterocycles. The number of halogens is 1. The predicted octanol–water partition coefficient (Wildman–Crippen LogP) is 2.45. The molecular formula is C18H34IN5S. The van der Waals surface area contributed by atoms with Crippen LogP contribution in [0, 0.1) is 0 Å². The second-order valence-electron chi connectivity index (χ2n) is 6.99. The first-order valence-electron chi connectivity index (χ1n) is 8.98. The standard InChI is InChI=1S/C18H33N5S.HI/c1-5-22-10-12-23(13-11-22)9-8-20-17(19-4)21-15-18(2,3)16-7-6-14-24-16;/h6-7,14H,5,8-13,15H2,1-4H3,(H2,19,20,21);1H. The van der Waals surface area contributed by atoms with E-state index in [1.54, 1.807) is 0 Å². The molecule has 144 valence electrons. The number of rotatable bonds is 7. The van der Waals surface area contributed by atoms with Crippen molar-refractivity contribution in [2.75, 3.05) is 59.4 Å². The SMILES string of the molecule is CCN1CCN(CCNC(=NC)NCC(C)(C)c2cccs2)CC1.I. The number of piperazine rings is 1. The minimum absolute atomic E-state index is 0. The van der Waals surface area contributed by atoms with Crippen molar-refractivity contribution in [3.63, 3.8) is 0 Å². The molecule has 2 N–H and O–H groups in total. The Hall–Kier alpha value is -0.380. The number of guanidine groups is 1. The average molecular weight is 479 g/mol. The molecule has 0 saturated carbocycles. The molecule has 0 bridgehead atoms. The van der Waals surface area contributed by atoms with Crippen molar-refractivity contribution in [2.24, 2.45) is 4.99 Å². The smallest absolute Gasteiger partial charge is 0.191 e. The third-order valence-electron chi connectivity index (χ3n) is 4.74. The van der Waals surface area contributed by atoms with Crippen LogP contribution in [0.15, 0.2) is 22.5 Å². The molecular weight excluding hydrogens is 445 g/mol. The van der Waals surface area contributed by atoms with E-state index < -0.39 is 0 Å². The molecule has 1 aliphatic rings. The zero-order valence-electron chi connectivity index (χ0n) is 16.0. The van der Waals surface area contributed by atoms with E-state index in [0.29, 0.717) is 0 Å². The highest BCUT2D eigenvalue weighted by Gasteiger charge is 2.22. The van der Waals surface area contributed by atoms with Crippen LogP contribution in [0.4, 0.5) is 0 Å². The fraction of sp³-hybridized carbons (Fsp3) is 0.722. The molecule has 0 amide bonds. The number of thiophene rings is 1. The Morgan fingerprint density at radius 2 is 1.88 bits per heavy atom. The van der Waals surface area contributed by atoms with Crippen LogP contribution in [0.3, 0.4) is 0 Å². The molecule has 1 fully saturated rings. The summed E-state index contributed by atoms with van der Waals surface area (Å²) in [7, 11) is 1.84. The van der Waals surface area contributed by atoms with E-state index in [4.69, 9.17) is 0 Å². The van der Waals surface area contributed by atoms with Crippen LogP contribution < -0.4 is 10.6 Å². The van der Waals surface area contributed by atoms with Gasteiger partial charge in [-0.25, -0.2) is 0 Å². The first-order valence-corrected chi connectivity index (χ1v) is 9.86. The Kier molecular flexibility index (Phi) is 10.3. The van der Waals surface area contributed by atoms with Crippen LogP contribution in [0.1, 0.15) is 25.6 Å². The van der Waals surface area contributed by atoms with Gasteiger partial charge < -0.3 is 15.5 Å². The van der Waals surface area contributed by atoms with Gasteiger partial charge in [0.2, 0.25) is 0 Å². The number of nitrogens with zero attached hydrogens (tertiary/aromatic N) is 3. The summed E-state index contributed by atoms with van der Waals surface area (Å²) >= 11 is 1.82. The van der Waals surface area contributed by atoms with Gasteiger partial charge in [-0.05, 0) is 18.0 Å². The minimum atomic E-state index is 0. The highest BCUT2D eigenvalue weighted by atomic mass is 127. The average Bonchev–Trinajstić information content (AvgIpc) is 3.14. The summed E-state index contributed by atoms with van der Waals surface area (Å²) in [4.78, 5) is 10.8. The zero-order chi connectivity index (χ0) is 17.4. The Morgan fingerprint density at radius 1 is 1.20 bits per heavy atom. The van der Waals surface area contributed by atoms with E-state index in [2.05, 4.69) is 63.7 Å². The molecule has 1 aromatic heterocycles. The molecule has 7 heteroatoms. The van der Waals surface area contributed by atoms with Crippen LogP contribution in [-0.4, -0.2) is 75.2 Å². The van der Waals surface area contributed by atoms with Crippen molar-refractivity contribution in [1.29, 1.82) is 0 Å². The maximum absolute atomic E-state index is 4.35. The molecule has 5 nitrogen and oxygen atoms in total. The van der Waals surface area contributed by atoms with Gasteiger partial charge in [-0.15, -0.1) is 35.3 Å². The van der Waals surface area contributed by atoms with Crippen molar-refractivity contribution >= 4 is 41.3 Å². The molecule has 0 unspecified atom stereocenters. The van der Waals surface area contributed by atoms with Gasteiger partial charge in [0.25, 0.3) is 0 Å². The van der Waals surface area contributed by atoms with Gasteiger partial charge >= 0.3 is 0 Å². The first-order chi connectivity index (χ1) is 11.5. The van der Waals surface area contributed by atoms with Crippen molar-refractivity contribution < 1.29 is 0 Å². The Balaban J connectivity index is 0.00000312. The summed E-state index contributed by atoms with van der Waals surface area (Å²) in [6, 6.07) is 4.32. The molecule has 25 heavy (non-hydrogen) atoms. The fourth-order valence-electron chi connectivity index (χ4n) is 2.94. The number of hydrogen-bond acceptors (Lipinski definition) is 4. The zero-order valence-corrected chi connectivity index (χ0v) is 19.2. The molecule has 0 aliphatic carbocycles. The van der Waals surface area contributed by atoms with E-state index in [0.717, 1.165) is 25.6 Å². The maximum atomic E-state index is 4.35. The lowest BCUT2D eigenvalue weighted by molar-refractivity contribution is 0.139. The molecule has 2 rings (SSSR count). The van der Waals surface area contributed by atoms with Gasteiger partial charge in [-0.3, -0.25) is 9.89 Å². The van der Waals surface area contributed by atoms with Gasteiger partial charge in [-0.2, -0.15) is 0 Å². The van der Waals surface area contributed by atoms with Crippen LogP contribution in [0.5, 0.6) is 0 Å². The first kappa shape index (κ1) is 22.7. The monoisotopic (exact) mass is 479 g/mol. The van der Waals surface area contributed by atoms with Crippen molar-refractivity contribution in [1.82, 2.24) is 20.4 Å². The summed E-state index contributed by atoms with van der Waals surface area (Å²) in [5.74, 6) is 0.895. The number of hydrogen-bond donors (Lipinski definition) is 2. The second-order valence-corrected chi connectivity index (χ2v) is 7.94. The van der Waals surface area contributed by atoms with Crippen molar-refractivity contribution in [2.45, 2.75) is 26.2 Å². The topological polar surface area (TPSA) is 42.9 Å². The molecule has 0 radical (unpaired) electrons. The molecule has 1 aromatic rings. The van der Waals surface area contributed by atoms with Crippen LogP contribution in [-0.2, 0) is 5.41 Å². The largest absolute Gasteiger partial charge is 0.356 e. The second kappa shape index (κ2) is 11.4. The minimum Gasteiger partial charge on any atom is -0.356 e. The molecule has 0 aromatic carbocycles. The summed E-state index contributed by atoms with van der Waals surface area (Å²) in [5.41, 5.74) is 0.113. The predicted molar refractivity (Wildman–Crippen MR) is 121 cm³/mol. The van der Waals surface area contributed by atoms with Gasteiger partial charge in [0, 0.05) is 63.2 Å². The summed E-state index contributed by atoms with van der Waals surface area (Å²) in [6.45, 7) is 15.6. The lowest BCUT2D eigenvalue weighted by atomic mass is 9.91. The van der Waals surface area contributed by atoms with Crippen molar-refractivity contribution in [3.8, 4) is 0 Å². The van der Waals surface area contributed by atoms with E-state index in [-0.39, 0.29) is 29.4 Å². The third-order valence-corrected chi connectivity index (χ3v) is 5.98. The normalized spacial score (nSPS) is 17.2. The van der Waals surface area contributed by atoms with E-state index in [1.165, 1.54) is 37.6 Å². The molecule has 0 atom stereocenters. The lowest BCUT2D eigenvalue weighted by Crippen LogP contribution is -2.49. The number of likely N-dealkylation sites (N-methyl/N-ethyl adjacent to an activating group) is 1. The Bertz CT molecular complexity index is 496. The highest BCUT2D eigenvalue weighted by Crippen LogP contribution is 2.26. The maximum Gasteiger partial charge on any atom is 0.191 e. The Morgan fingerprint density at radius 3 is 2.44 bits per heavy atom. The summed E-state index contributed by atoms with van der Waals surface area (Å²) in [6.07, 6.45) is 0. The lowest BCUT2D eigenvalue weighted by Gasteiger charge is -2.34. The van der Waals surface area contributed by atoms with Gasteiger partial charge in [0.15, 0.2) is 5.96 Å². The molecule has 0 spiro atoms. The van der Waals surface area contributed by atoms with Gasteiger partial charge in [0.1, 0.15) is 0 Å². The van der Waals surface area contributed by atoms with Crippen LogP contribution >= 0.6 is 35.3 Å².